The number of ether oxygens (including phenoxy) is 3. The number of benzene rings is 2. The molecule has 0 radical (unpaired) electrons. The molecule has 0 unspecified atom stereocenters. The number of carbonyl (C=O) groups excluding carboxylic acids is 1. The van der Waals surface area contributed by atoms with Crippen molar-refractivity contribution in [1.29, 1.82) is 0 Å². The summed E-state index contributed by atoms with van der Waals surface area (Å²) in [5, 5.41) is 2.75. The zero-order valence-corrected chi connectivity index (χ0v) is 18.7. The molecule has 164 valence electrons. The molecule has 8 nitrogen and oxygen atoms in total. The molecule has 0 saturated heterocycles. The van der Waals surface area contributed by atoms with Crippen molar-refractivity contribution < 1.29 is 27.4 Å². The van der Waals surface area contributed by atoms with Gasteiger partial charge in [-0.05, 0) is 42.3 Å². The predicted molar refractivity (Wildman–Crippen MR) is 115 cm³/mol. The summed E-state index contributed by atoms with van der Waals surface area (Å²) in [4.78, 5) is 12.4. The minimum atomic E-state index is -4.07. The van der Waals surface area contributed by atoms with Crippen molar-refractivity contribution in [3.05, 3.63) is 42.5 Å². The molecule has 2 aromatic carbocycles. The minimum absolute atomic E-state index is 0.0207. The number of methoxy groups -OCH3 is 3. The SMILES string of the molecule is COc1ccc(N(CC(=O)NCC(C)C)S(=O)(=O)c2ccc(OC)c(OC)c2)cc1. The first kappa shape index (κ1) is 23.3. The maximum Gasteiger partial charge on any atom is 0.264 e. The van der Waals surface area contributed by atoms with Crippen molar-refractivity contribution in [3.63, 3.8) is 0 Å². The highest BCUT2D eigenvalue weighted by atomic mass is 32.2. The quantitative estimate of drug-likeness (QED) is 0.615. The van der Waals surface area contributed by atoms with E-state index in [1.165, 1.54) is 39.5 Å². The third kappa shape index (κ3) is 5.56. The molecule has 0 aromatic heterocycles. The summed E-state index contributed by atoms with van der Waals surface area (Å²) in [6.45, 7) is 4.01. The number of amides is 1. The summed E-state index contributed by atoms with van der Waals surface area (Å²) in [6, 6.07) is 10.8. The van der Waals surface area contributed by atoms with Crippen molar-refractivity contribution in [1.82, 2.24) is 5.32 Å². The van der Waals surface area contributed by atoms with Gasteiger partial charge in [0.2, 0.25) is 5.91 Å². The number of hydrogen-bond donors (Lipinski definition) is 1. The van der Waals surface area contributed by atoms with Gasteiger partial charge < -0.3 is 19.5 Å². The first-order valence-corrected chi connectivity index (χ1v) is 10.8. The zero-order valence-electron chi connectivity index (χ0n) is 17.8. The Morgan fingerprint density at radius 1 is 0.967 bits per heavy atom. The van der Waals surface area contributed by atoms with Crippen molar-refractivity contribution in [2.45, 2.75) is 18.7 Å². The van der Waals surface area contributed by atoms with E-state index in [1.54, 1.807) is 24.3 Å². The molecule has 0 fully saturated rings. The van der Waals surface area contributed by atoms with Gasteiger partial charge in [0.05, 0.1) is 31.9 Å². The second kappa shape index (κ2) is 10.2. The molecular formula is C21H28N2O6S. The normalized spacial score (nSPS) is 11.1. The lowest BCUT2D eigenvalue weighted by molar-refractivity contribution is -0.119. The van der Waals surface area contributed by atoms with Gasteiger partial charge in [0.25, 0.3) is 10.0 Å². The first-order valence-electron chi connectivity index (χ1n) is 9.38. The van der Waals surface area contributed by atoms with Crippen LogP contribution >= 0.6 is 0 Å². The second-order valence-corrected chi connectivity index (χ2v) is 8.79. The van der Waals surface area contributed by atoms with Gasteiger partial charge in [0, 0.05) is 12.6 Å². The van der Waals surface area contributed by atoms with Gasteiger partial charge in [0.1, 0.15) is 12.3 Å². The molecule has 30 heavy (non-hydrogen) atoms. The summed E-state index contributed by atoms with van der Waals surface area (Å²) in [5.41, 5.74) is 0.338. The predicted octanol–water partition coefficient (Wildman–Crippen LogP) is 2.68. The number of nitrogens with one attached hydrogen (secondary N) is 1. The Balaban J connectivity index is 2.46. The van der Waals surface area contributed by atoms with Crippen LogP contribution in [0.4, 0.5) is 5.69 Å². The summed E-state index contributed by atoms with van der Waals surface area (Å²) in [6.07, 6.45) is 0. The van der Waals surface area contributed by atoms with Crippen LogP contribution in [-0.2, 0) is 14.8 Å². The van der Waals surface area contributed by atoms with Crippen molar-refractivity contribution >= 4 is 21.6 Å². The molecule has 0 bridgehead atoms. The van der Waals surface area contributed by atoms with E-state index in [2.05, 4.69) is 5.32 Å². The summed E-state index contributed by atoms with van der Waals surface area (Å²) >= 11 is 0. The van der Waals surface area contributed by atoms with Crippen LogP contribution in [0.15, 0.2) is 47.4 Å². The molecule has 0 aliphatic heterocycles. The molecular weight excluding hydrogens is 408 g/mol. The number of nitrogens with zero attached hydrogens (tertiary/aromatic N) is 1. The fourth-order valence-corrected chi connectivity index (χ4v) is 4.11. The Bertz CT molecular complexity index is 958. The van der Waals surface area contributed by atoms with E-state index in [0.29, 0.717) is 23.7 Å². The molecule has 0 heterocycles. The van der Waals surface area contributed by atoms with Crippen LogP contribution in [0.2, 0.25) is 0 Å². The van der Waals surface area contributed by atoms with Crippen molar-refractivity contribution in [3.8, 4) is 17.2 Å². The van der Waals surface area contributed by atoms with E-state index in [4.69, 9.17) is 14.2 Å². The fraction of sp³-hybridized carbons (Fsp3) is 0.381. The van der Waals surface area contributed by atoms with Gasteiger partial charge in [0.15, 0.2) is 11.5 Å². The van der Waals surface area contributed by atoms with Crippen molar-refractivity contribution in [2.24, 2.45) is 5.92 Å². The highest BCUT2D eigenvalue weighted by Crippen LogP contribution is 2.32. The largest absolute Gasteiger partial charge is 0.497 e. The third-order valence-corrected chi connectivity index (χ3v) is 6.07. The molecule has 0 aliphatic carbocycles. The van der Waals surface area contributed by atoms with Crippen molar-refractivity contribution in [2.75, 3.05) is 38.7 Å². The standard InChI is InChI=1S/C21H28N2O6S/c1-15(2)13-22-21(24)14-23(16-6-8-17(27-3)9-7-16)30(25,26)18-10-11-19(28-4)20(12-18)29-5/h6-12,15H,13-14H2,1-5H3,(H,22,24). The van der Waals surface area contributed by atoms with E-state index in [9.17, 15) is 13.2 Å². The van der Waals surface area contributed by atoms with Gasteiger partial charge in [-0.1, -0.05) is 13.8 Å². The average molecular weight is 437 g/mol. The number of sulfonamides is 1. The molecule has 1 N–H and O–H groups in total. The van der Waals surface area contributed by atoms with Crippen LogP contribution in [0.1, 0.15) is 13.8 Å². The number of hydrogen-bond acceptors (Lipinski definition) is 6. The van der Waals surface area contributed by atoms with Gasteiger partial charge >= 0.3 is 0 Å². The van der Waals surface area contributed by atoms with E-state index < -0.39 is 15.9 Å². The zero-order chi connectivity index (χ0) is 22.3. The van der Waals surface area contributed by atoms with Crippen LogP contribution in [0.3, 0.4) is 0 Å². The number of anilines is 1. The van der Waals surface area contributed by atoms with Gasteiger partial charge in [-0.25, -0.2) is 8.42 Å². The monoisotopic (exact) mass is 436 g/mol. The Morgan fingerprint density at radius 3 is 2.13 bits per heavy atom. The lowest BCUT2D eigenvalue weighted by Crippen LogP contribution is -2.41. The summed E-state index contributed by atoms with van der Waals surface area (Å²) in [5.74, 6) is 1.10. The average Bonchev–Trinajstić information content (AvgIpc) is 2.75. The van der Waals surface area contributed by atoms with E-state index in [-0.39, 0.29) is 23.1 Å². The number of rotatable bonds is 10. The Hall–Kier alpha value is -2.94. The fourth-order valence-electron chi connectivity index (χ4n) is 2.67. The maximum absolute atomic E-state index is 13.4. The molecule has 2 rings (SSSR count). The van der Waals surface area contributed by atoms with Crippen LogP contribution in [-0.4, -0.2) is 48.7 Å². The minimum Gasteiger partial charge on any atom is -0.497 e. The maximum atomic E-state index is 13.4. The van der Waals surface area contributed by atoms with Gasteiger partial charge in [-0.2, -0.15) is 0 Å². The van der Waals surface area contributed by atoms with Crippen LogP contribution < -0.4 is 23.8 Å². The molecule has 2 aromatic rings. The van der Waals surface area contributed by atoms with Crippen LogP contribution in [0.5, 0.6) is 17.2 Å². The summed E-state index contributed by atoms with van der Waals surface area (Å²) in [7, 11) is 0.344. The lowest BCUT2D eigenvalue weighted by Gasteiger charge is -2.25. The van der Waals surface area contributed by atoms with Crippen LogP contribution in [0.25, 0.3) is 0 Å². The smallest absolute Gasteiger partial charge is 0.264 e. The molecule has 9 heteroatoms. The third-order valence-electron chi connectivity index (χ3n) is 4.30. The Morgan fingerprint density at radius 2 is 1.60 bits per heavy atom. The molecule has 0 atom stereocenters. The lowest BCUT2D eigenvalue weighted by atomic mass is 10.2. The van der Waals surface area contributed by atoms with E-state index in [0.717, 1.165) is 4.31 Å². The Labute approximate surface area is 177 Å². The first-order chi connectivity index (χ1) is 14.2. The summed E-state index contributed by atoms with van der Waals surface area (Å²) < 4.78 is 43.5. The molecule has 0 aliphatic rings. The molecule has 1 amide bonds. The van der Waals surface area contributed by atoms with E-state index >= 15 is 0 Å². The number of carbonyl (C=O) groups is 1. The Kier molecular flexibility index (Phi) is 7.93. The van der Waals surface area contributed by atoms with Crippen LogP contribution in [0, 0.1) is 5.92 Å². The van der Waals surface area contributed by atoms with E-state index in [1.807, 2.05) is 13.8 Å². The molecule has 0 saturated carbocycles. The molecule has 0 spiro atoms. The topological polar surface area (TPSA) is 94.2 Å². The highest BCUT2D eigenvalue weighted by molar-refractivity contribution is 7.92. The second-order valence-electron chi connectivity index (χ2n) is 6.92. The van der Waals surface area contributed by atoms with Gasteiger partial charge in [-0.3, -0.25) is 9.10 Å². The highest BCUT2D eigenvalue weighted by Gasteiger charge is 2.28. The van der Waals surface area contributed by atoms with Gasteiger partial charge in [-0.15, -0.1) is 0 Å².